The second kappa shape index (κ2) is 6.83. The molecule has 5 heteroatoms. The molecule has 5 nitrogen and oxygen atoms in total. The third-order valence-corrected chi connectivity index (χ3v) is 4.73. The molecule has 1 aromatic heterocycles. The Morgan fingerprint density at radius 1 is 1.27 bits per heavy atom. The predicted octanol–water partition coefficient (Wildman–Crippen LogP) is 3.72. The van der Waals surface area contributed by atoms with E-state index in [4.69, 9.17) is 9.72 Å². The topological polar surface area (TPSA) is 56.2 Å². The first-order valence-corrected chi connectivity index (χ1v) is 9.05. The van der Waals surface area contributed by atoms with Crippen molar-refractivity contribution in [3.05, 3.63) is 66.2 Å². The smallest absolute Gasteiger partial charge is 0.408 e. The van der Waals surface area contributed by atoms with Crippen LogP contribution in [-0.4, -0.2) is 27.8 Å². The zero-order chi connectivity index (χ0) is 18.1. The monoisotopic (exact) mass is 349 g/mol. The number of hydrogen-bond acceptors (Lipinski definition) is 3. The molecular formula is C21H23N3O2. The molecule has 26 heavy (non-hydrogen) atoms. The Kier molecular flexibility index (Phi) is 4.37. The molecule has 4 rings (SSSR count). The summed E-state index contributed by atoms with van der Waals surface area (Å²) in [7, 11) is 0. The van der Waals surface area contributed by atoms with Crippen LogP contribution in [0.4, 0.5) is 4.79 Å². The molecular weight excluding hydrogens is 326 g/mol. The molecule has 1 saturated heterocycles. The summed E-state index contributed by atoms with van der Waals surface area (Å²) in [5.41, 5.74) is 4.56. The van der Waals surface area contributed by atoms with E-state index in [1.54, 1.807) is 0 Å². The van der Waals surface area contributed by atoms with Crippen molar-refractivity contribution >= 4 is 6.09 Å². The van der Waals surface area contributed by atoms with Gasteiger partial charge in [-0.25, -0.2) is 9.78 Å². The van der Waals surface area contributed by atoms with Gasteiger partial charge in [-0.2, -0.15) is 0 Å². The van der Waals surface area contributed by atoms with Gasteiger partial charge in [0.1, 0.15) is 6.10 Å². The SMILES string of the molecule is CC(C)Cc1c(-c2ccccc2)ncn1CC1=CC2OC(=O)NC2C=C1. The van der Waals surface area contributed by atoms with Gasteiger partial charge in [0.15, 0.2) is 0 Å². The molecule has 1 N–H and O–H groups in total. The highest BCUT2D eigenvalue weighted by atomic mass is 16.6. The number of allylic oxidation sites excluding steroid dienone is 2. The highest BCUT2D eigenvalue weighted by molar-refractivity contribution is 5.71. The molecule has 0 spiro atoms. The lowest BCUT2D eigenvalue weighted by Crippen LogP contribution is -2.30. The van der Waals surface area contributed by atoms with E-state index in [-0.39, 0.29) is 18.2 Å². The van der Waals surface area contributed by atoms with E-state index in [9.17, 15) is 4.79 Å². The fourth-order valence-corrected chi connectivity index (χ4v) is 3.52. The van der Waals surface area contributed by atoms with Crippen LogP contribution >= 0.6 is 0 Å². The van der Waals surface area contributed by atoms with Gasteiger partial charge in [0.25, 0.3) is 0 Å². The number of carbonyl (C=O) groups excluding carboxylic acids is 1. The van der Waals surface area contributed by atoms with Crippen LogP contribution in [0, 0.1) is 5.92 Å². The van der Waals surface area contributed by atoms with Gasteiger partial charge >= 0.3 is 6.09 Å². The van der Waals surface area contributed by atoms with E-state index in [0.29, 0.717) is 5.92 Å². The summed E-state index contributed by atoms with van der Waals surface area (Å²) in [6.45, 7) is 5.17. The molecule has 2 heterocycles. The van der Waals surface area contributed by atoms with Gasteiger partial charge in [0.05, 0.1) is 18.1 Å². The Hall–Kier alpha value is -2.82. The van der Waals surface area contributed by atoms with Crippen LogP contribution in [0.2, 0.25) is 0 Å². The van der Waals surface area contributed by atoms with Gasteiger partial charge < -0.3 is 14.6 Å². The van der Waals surface area contributed by atoms with Crippen molar-refractivity contribution in [2.45, 2.75) is 39.0 Å². The van der Waals surface area contributed by atoms with Crippen LogP contribution in [0.1, 0.15) is 19.5 Å². The highest BCUT2D eigenvalue weighted by Crippen LogP contribution is 2.26. The minimum Gasteiger partial charge on any atom is -0.439 e. The maximum Gasteiger partial charge on any atom is 0.408 e. The number of hydrogen-bond donors (Lipinski definition) is 1. The number of amides is 1. The van der Waals surface area contributed by atoms with E-state index in [2.05, 4.69) is 41.9 Å². The number of carbonyl (C=O) groups is 1. The standard InChI is InChI=1S/C21H23N3O2/c1-14(2)10-18-20(16-6-4-3-5-7-16)22-13-24(18)12-15-8-9-17-19(11-15)26-21(25)23-17/h3-9,11,13-14,17,19H,10,12H2,1-2H3,(H,23,25). The van der Waals surface area contributed by atoms with E-state index in [1.807, 2.05) is 36.7 Å². The molecule has 134 valence electrons. The van der Waals surface area contributed by atoms with Gasteiger partial charge in [-0.15, -0.1) is 0 Å². The van der Waals surface area contributed by atoms with Crippen molar-refractivity contribution in [1.29, 1.82) is 0 Å². The van der Waals surface area contributed by atoms with Crippen LogP contribution in [0.3, 0.4) is 0 Å². The summed E-state index contributed by atoms with van der Waals surface area (Å²) in [5.74, 6) is 0.535. The maximum atomic E-state index is 11.4. The second-order valence-electron chi connectivity index (χ2n) is 7.27. The van der Waals surface area contributed by atoms with E-state index >= 15 is 0 Å². The minimum atomic E-state index is -0.350. The van der Waals surface area contributed by atoms with Gasteiger partial charge in [0.2, 0.25) is 0 Å². The predicted molar refractivity (Wildman–Crippen MR) is 101 cm³/mol. The number of imidazole rings is 1. The lowest BCUT2D eigenvalue weighted by Gasteiger charge is -2.18. The molecule has 2 unspecified atom stereocenters. The lowest BCUT2D eigenvalue weighted by molar-refractivity contribution is 0.155. The third-order valence-electron chi connectivity index (χ3n) is 4.73. The molecule has 0 radical (unpaired) electrons. The number of aromatic nitrogens is 2. The average molecular weight is 349 g/mol. The van der Waals surface area contributed by atoms with Crippen LogP contribution in [0.15, 0.2) is 60.5 Å². The van der Waals surface area contributed by atoms with E-state index < -0.39 is 0 Å². The van der Waals surface area contributed by atoms with Crippen molar-refractivity contribution in [3.8, 4) is 11.3 Å². The molecule has 0 saturated carbocycles. The fraction of sp³-hybridized carbons (Fsp3) is 0.333. The molecule has 1 fully saturated rings. The van der Waals surface area contributed by atoms with Crippen LogP contribution in [-0.2, 0) is 17.7 Å². The van der Waals surface area contributed by atoms with Crippen LogP contribution in [0.25, 0.3) is 11.3 Å². The van der Waals surface area contributed by atoms with Gasteiger partial charge in [-0.3, -0.25) is 0 Å². The summed E-state index contributed by atoms with van der Waals surface area (Å²) >= 11 is 0. The second-order valence-corrected chi connectivity index (χ2v) is 7.27. The molecule has 2 aliphatic rings. The molecule has 1 aliphatic heterocycles. The molecule has 1 aliphatic carbocycles. The van der Waals surface area contributed by atoms with Crippen molar-refractivity contribution in [2.75, 3.05) is 0 Å². The quantitative estimate of drug-likeness (QED) is 0.895. The Labute approximate surface area is 153 Å². The van der Waals surface area contributed by atoms with Crippen molar-refractivity contribution in [2.24, 2.45) is 5.92 Å². The van der Waals surface area contributed by atoms with Crippen molar-refractivity contribution in [3.63, 3.8) is 0 Å². The molecule has 1 aromatic carbocycles. The minimum absolute atomic E-state index is 0.0518. The number of ether oxygens (including phenoxy) is 1. The summed E-state index contributed by atoms with van der Waals surface area (Å²) in [6, 6.07) is 10.3. The molecule has 2 atom stereocenters. The number of nitrogens with one attached hydrogen (secondary N) is 1. The number of benzene rings is 1. The van der Waals surface area contributed by atoms with E-state index in [0.717, 1.165) is 29.8 Å². The van der Waals surface area contributed by atoms with Crippen molar-refractivity contribution < 1.29 is 9.53 Å². The zero-order valence-corrected chi connectivity index (χ0v) is 15.1. The average Bonchev–Trinajstić information content (AvgIpc) is 3.18. The van der Waals surface area contributed by atoms with E-state index in [1.165, 1.54) is 5.69 Å². The molecule has 2 aromatic rings. The fourth-order valence-electron chi connectivity index (χ4n) is 3.52. The number of nitrogens with zero attached hydrogens (tertiary/aromatic N) is 2. The van der Waals surface area contributed by atoms with Crippen molar-refractivity contribution in [1.82, 2.24) is 14.9 Å². The summed E-state index contributed by atoms with van der Waals surface area (Å²) in [6.07, 6.45) is 8.41. The first-order chi connectivity index (χ1) is 12.6. The highest BCUT2D eigenvalue weighted by Gasteiger charge is 2.32. The Morgan fingerprint density at radius 3 is 2.85 bits per heavy atom. The summed E-state index contributed by atoms with van der Waals surface area (Å²) in [5, 5.41) is 2.79. The van der Waals surface area contributed by atoms with Crippen LogP contribution in [0.5, 0.6) is 0 Å². The summed E-state index contributed by atoms with van der Waals surface area (Å²) in [4.78, 5) is 16.1. The van der Waals surface area contributed by atoms with Crippen LogP contribution < -0.4 is 5.32 Å². The third kappa shape index (κ3) is 3.29. The zero-order valence-electron chi connectivity index (χ0n) is 15.1. The largest absolute Gasteiger partial charge is 0.439 e. The number of rotatable bonds is 5. The summed E-state index contributed by atoms with van der Waals surface area (Å²) < 4.78 is 7.51. The van der Waals surface area contributed by atoms with Gasteiger partial charge in [-0.1, -0.05) is 56.3 Å². The van der Waals surface area contributed by atoms with Gasteiger partial charge in [-0.05, 0) is 24.0 Å². The molecule has 1 amide bonds. The first kappa shape index (κ1) is 16.6. The maximum absolute atomic E-state index is 11.4. The normalized spacial score (nSPS) is 21.3. The Morgan fingerprint density at radius 2 is 2.08 bits per heavy atom. The Bertz CT molecular complexity index is 865. The Balaban J connectivity index is 1.62. The van der Waals surface area contributed by atoms with Gasteiger partial charge in [0, 0.05) is 17.8 Å². The molecule has 0 bridgehead atoms. The lowest BCUT2D eigenvalue weighted by atomic mass is 10.00. The first-order valence-electron chi connectivity index (χ1n) is 9.05. The number of alkyl carbamates (subject to hydrolysis) is 1. The number of fused-ring (bicyclic) bond motifs is 1.